The Morgan fingerprint density at radius 3 is 2.46 bits per heavy atom. The second-order valence-corrected chi connectivity index (χ2v) is 6.89. The summed E-state index contributed by atoms with van der Waals surface area (Å²) < 4.78 is 5.19. The Labute approximate surface area is 146 Å². The number of rotatable bonds is 7. The number of aliphatic hydroxyl groups is 1. The summed E-state index contributed by atoms with van der Waals surface area (Å²) in [5.41, 5.74) is 1.84. The van der Waals surface area contributed by atoms with Crippen LogP contribution in [0.5, 0.6) is 5.88 Å². The van der Waals surface area contributed by atoms with Gasteiger partial charge in [0.2, 0.25) is 5.88 Å². The molecule has 0 amide bonds. The van der Waals surface area contributed by atoms with E-state index in [-0.39, 0.29) is 11.8 Å². The third-order valence-corrected chi connectivity index (χ3v) is 4.92. The Kier molecular flexibility index (Phi) is 6.98. The van der Waals surface area contributed by atoms with Gasteiger partial charge in [-0.15, -0.1) is 0 Å². The van der Waals surface area contributed by atoms with Crippen molar-refractivity contribution in [1.29, 1.82) is 5.26 Å². The summed E-state index contributed by atoms with van der Waals surface area (Å²) in [6, 6.07) is 6.24. The van der Waals surface area contributed by atoms with Crippen molar-refractivity contribution in [3.63, 3.8) is 0 Å². The number of aliphatic hydroxyl groups excluding tert-OH is 1. The molecular weight excluding hydrogens is 300 g/mol. The number of hydrogen-bond donors (Lipinski definition) is 1. The average Bonchev–Trinajstić information content (AvgIpc) is 2.57. The highest BCUT2D eigenvalue weighted by atomic mass is 16.5. The predicted molar refractivity (Wildman–Crippen MR) is 96.9 cm³/mol. The standard InChI is InChI=1S/C20H30N2O2/c1-8-15(5)20(12-21,11-14(4)19(23)13(2)3)17-9-10-18(24-7)22-16(17)6/h8-10,13-14,19,23H,11H2,1-7H3/b15-8+/t14?,19-,20+/m1/s1. The van der Waals surface area contributed by atoms with Crippen LogP contribution in [0, 0.1) is 30.1 Å². The molecule has 0 fully saturated rings. The SMILES string of the molecule is C/C=C(\C)[C@@](C#N)(CC(C)[C@H](O)C(C)C)c1ccc(OC)nc1C. The van der Waals surface area contributed by atoms with Crippen LogP contribution in [0.4, 0.5) is 0 Å². The van der Waals surface area contributed by atoms with Crippen molar-refractivity contribution < 1.29 is 9.84 Å². The Bertz CT molecular complexity index is 631. The predicted octanol–water partition coefficient (Wildman–Crippen LogP) is 4.17. The minimum atomic E-state index is -0.798. The molecule has 1 unspecified atom stereocenters. The molecule has 0 radical (unpaired) electrons. The zero-order valence-corrected chi connectivity index (χ0v) is 15.9. The monoisotopic (exact) mass is 330 g/mol. The first-order valence-corrected chi connectivity index (χ1v) is 8.48. The maximum Gasteiger partial charge on any atom is 0.213 e. The molecule has 1 rings (SSSR count). The van der Waals surface area contributed by atoms with Gasteiger partial charge in [-0.1, -0.05) is 32.4 Å². The van der Waals surface area contributed by atoms with Gasteiger partial charge in [0.05, 0.1) is 19.3 Å². The summed E-state index contributed by atoms with van der Waals surface area (Å²) in [6.45, 7) is 11.8. The Morgan fingerprint density at radius 2 is 2.04 bits per heavy atom. The van der Waals surface area contributed by atoms with E-state index in [1.54, 1.807) is 13.2 Å². The van der Waals surface area contributed by atoms with Gasteiger partial charge >= 0.3 is 0 Å². The number of methoxy groups -OCH3 is 1. The van der Waals surface area contributed by atoms with Crippen LogP contribution in [-0.4, -0.2) is 23.3 Å². The van der Waals surface area contributed by atoms with Crippen molar-refractivity contribution in [2.75, 3.05) is 7.11 Å². The number of allylic oxidation sites excluding steroid dienone is 2. The molecule has 0 bridgehead atoms. The number of pyridine rings is 1. The Hall–Kier alpha value is -1.86. The summed E-state index contributed by atoms with van der Waals surface area (Å²) in [6.07, 6.45) is 2.07. The molecule has 132 valence electrons. The van der Waals surface area contributed by atoms with Crippen molar-refractivity contribution in [3.05, 3.63) is 35.0 Å². The van der Waals surface area contributed by atoms with E-state index in [4.69, 9.17) is 4.74 Å². The van der Waals surface area contributed by atoms with Crippen molar-refractivity contribution in [3.8, 4) is 11.9 Å². The van der Waals surface area contributed by atoms with Gasteiger partial charge in [-0.25, -0.2) is 4.98 Å². The molecule has 0 aromatic carbocycles. The fourth-order valence-corrected chi connectivity index (χ4v) is 3.29. The number of aryl methyl sites for hydroxylation is 1. The summed E-state index contributed by atoms with van der Waals surface area (Å²) in [5, 5.41) is 20.6. The average molecular weight is 330 g/mol. The van der Waals surface area contributed by atoms with E-state index in [9.17, 15) is 10.4 Å². The second-order valence-electron chi connectivity index (χ2n) is 6.89. The largest absolute Gasteiger partial charge is 0.481 e. The van der Waals surface area contributed by atoms with Crippen LogP contribution in [0.3, 0.4) is 0 Å². The molecule has 0 aliphatic heterocycles. The number of nitriles is 1. The zero-order chi connectivity index (χ0) is 18.5. The Balaban J connectivity index is 3.44. The first-order chi connectivity index (χ1) is 11.2. The fourth-order valence-electron chi connectivity index (χ4n) is 3.29. The number of ether oxygens (including phenoxy) is 1. The van der Waals surface area contributed by atoms with E-state index in [1.165, 1.54) is 0 Å². The minimum Gasteiger partial charge on any atom is -0.481 e. The van der Waals surface area contributed by atoms with Crippen LogP contribution in [0.25, 0.3) is 0 Å². The summed E-state index contributed by atoms with van der Waals surface area (Å²) in [4.78, 5) is 4.45. The molecule has 1 N–H and O–H groups in total. The van der Waals surface area contributed by atoms with Crippen LogP contribution in [-0.2, 0) is 5.41 Å². The lowest BCUT2D eigenvalue weighted by atomic mass is 9.68. The fraction of sp³-hybridized carbons (Fsp3) is 0.600. The zero-order valence-electron chi connectivity index (χ0n) is 15.9. The molecule has 0 saturated heterocycles. The number of aromatic nitrogens is 1. The van der Waals surface area contributed by atoms with Crippen LogP contribution in [0.2, 0.25) is 0 Å². The molecular formula is C20H30N2O2. The van der Waals surface area contributed by atoms with Crippen LogP contribution < -0.4 is 4.74 Å². The third-order valence-electron chi connectivity index (χ3n) is 4.92. The maximum atomic E-state index is 10.4. The molecule has 1 heterocycles. The summed E-state index contributed by atoms with van der Waals surface area (Å²) in [7, 11) is 1.58. The van der Waals surface area contributed by atoms with Gasteiger partial charge in [0.1, 0.15) is 5.41 Å². The first-order valence-electron chi connectivity index (χ1n) is 8.48. The lowest BCUT2D eigenvalue weighted by molar-refractivity contribution is 0.0629. The van der Waals surface area contributed by atoms with E-state index in [0.29, 0.717) is 12.3 Å². The number of hydrogen-bond acceptors (Lipinski definition) is 4. The minimum absolute atomic E-state index is 0.0129. The lowest BCUT2D eigenvalue weighted by Crippen LogP contribution is -2.35. The molecule has 0 spiro atoms. The molecule has 24 heavy (non-hydrogen) atoms. The van der Waals surface area contributed by atoms with Crippen molar-refractivity contribution >= 4 is 0 Å². The van der Waals surface area contributed by atoms with E-state index < -0.39 is 11.5 Å². The molecule has 0 aliphatic carbocycles. The smallest absolute Gasteiger partial charge is 0.213 e. The van der Waals surface area contributed by atoms with Crippen LogP contribution in [0.1, 0.15) is 52.3 Å². The van der Waals surface area contributed by atoms with Crippen molar-refractivity contribution in [1.82, 2.24) is 4.98 Å². The highest BCUT2D eigenvalue weighted by Crippen LogP contribution is 2.40. The van der Waals surface area contributed by atoms with Gasteiger partial charge in [-0.3, -0.25) is 0 Å². The molecule has 0 saturated carbocycles. The highest BCUT2D eigenvalue weighted by molar-refractivity contribution is 5.46. The van der Waals surface area contributed by atoms with Gasteiger partial charge in [-0.05, 0) is 50.7 Å². The van der Waals surface area contributed by atoms with E-state index in [2.05, 4.69) is 11.1 Å². The van der Waals surface area contributed by atoms with E-state index in [1.807, 2.05) is 53.7 Å². The molecule has 1 aromatic rings. The Morgan fingerprint density at radius 1 is 1.42 bits per heavy atom. The van der Waals surface area contributed by atoms with E-state index >= 15 is 0 Å². The quantitative estimate of drug-likeness (QED) is 0.762. The van der Waals surface area contributed by atoms with Crippen molar-refractivity contribution in [2.24, 2.45) is 11.8 Å². The van der Waals surface area contributed by atoms with Crippen molar-refractivity contribution in [2.45, 2.75) is 59.5 Å². The lowest BCUT2D eigenvalue weighted by Gasteiger charge is -2.34. The molecule has 3 atom stereocenters. The summed E-state index contributed by atoms with van der Waals surface area (Å²) >= 11 is 0. The summed E-state index contributed by atoms with van der Waals surface area (Å²) in [5.74, 6) is 0.676. The maximum absolute atomic E-state index is 10.4. The van der Waals surface area contributed by atoms with E-state index in [0.717, 1.165) is 16.8 Å². The molecule has 0 aliphatic rings. The van der Waals surface area contributed by atoms with Crippen LogP contribution >= 0.6 is 0 Å². The van der Waals surface area contributed by atoms with Gasteiger partial charge in [0.25, 0.3) is 0 Å². The molecule has 4 heteroatoms. The number of nitrogens with zero attached hydrogens (tertiary/aromatic N) is 2. The highest BCUT2D eigenvalue weighted by Gasteiger charge is 2.39. The molecule has 4 nitrogen and oxygen atoms in total. The van der Waals surface area contributed by atoms with Gasteiger partial charge in [0, 0.05) is 11.8 Å². The third kappa shape index (κ3) is 3.96. The first kappa shape index (κ1) is 20.2. The van der Waals surface area contributed by atoms with Gasteiger partial charge in [-0.2, -0.15) is 5.26 Å². The van der Waals surface area contributed by atoms with Crippen LogP contribution in [0.15, 0.2) is 23.8 Å². The second kappa shape index (κ2) is 8.30. The topological polar surface area (TPSA) is 66.1 Å². The molecule has 1 aromatic heterocycles. The van der Waals surface area contributed by atoms with Gasteiger partial charge < -0.3 is 9.84 Å². The van der Waals surface area contributed by atoms with Gasteiger partial charge in [0.15, 0.2) is 0 Å². The normalized spacial score (nSPS) is 17.1.